The summed E-state index contributed by atoms with van der Waals surface area (Å²) in [5.74, 6) is 5.72. The van der Waals surface area contributed by atoms with Gasteiger partial charge in [-0.3, -0.25) is 0 Å². The number of aryl methyl sites for hydroxylation is 1. The molecule has 0 aliphatic carbocycles. The van der Waals surface area contributed by atoms with Crippen LogP contribution in [0, 0.1) is 6.92 Å². The Morgan fingerprint density at radius 3 is 2.05 bits per heavy atom. The molecular formula is C13H13BrN2O2S. The molecule has 0 aliphatic heterocycles. The van der Waals surface area contributed by atoms with Crippen molar-refractivity contribution in [1.29, 1.82) is 0 Å². The summed E-state index contributed by atoms with van der Waals surface area (Å²) in [6, 6.07) is 13.3. The standard InChI is InChI=1S/C13H13BrN2O2S/c1-10-2-8-13(9-3-10)19(17,18)16(15)12-6-4-11(14)5-7-12/h2-9H,15H2,1H3. The smallest absolute Gasteiger partial charge is 0.233 e. The summed E-state index contributed by atoms with van der Waals surface area (Å²) in [4.78, 5) is 0.170. The molecule has 0 radical (unpaired) electrons. The monoisotopic (exact) mass is 340 g/mol. The Kier molecular flexibility index (Phi) is 3.93. The van der Waals surface area contributed by atoms with Crippen LogP contribution in [0.5, 0.6) is 0 Å². The lowest BCUT2D eigenvalue weighted by Gasteiger charge is -2.18. The van der Waals surface area contributed by atoms with Crippen molar-refractivity contribution in [2.75, 3.05) is 4.41 Å². The van der Waals surface area contributed by atoms with Gasteiger partial charge in [0, 0.05) is 4.47 Å². The van der Waals surface area contributed by atoms with E-state index in [2.05, 4.69) is 15.9 Å². The molecule has 100 valence electrons. The van der Waals surface area contributed by atoms with Gasteiger partial charge in [-0.15, -0.1) is 0 Å². The lowest BCUT2D eigenvalue weighted by molar-refractivity contribution is 0.592. The first-order valence-corrected chi connectivity index (χ1v) is 7.77. The van der Waals surface area contributed by atoms with E-state index in [0.29, 0.717) is 5.69 Å². The summed E-state index contributed by atoms with van der Waals surface area (Å²) in [5, 5.41) is 0. The summed E-state index contributed by atoms with van der Waals surface area (Å²) in [7, 11) is -3.73. The van der Waals surface area contributed by atoms with Crippen LogP contribution in [0.25, 0.3) is 0 Å². The minimum Gasteiger partial charge on any atom is -0.233 e. The van der Waals surface area contributed by atoms with Gasteiger partial charge >= 0.3 is 0 Å². The number of benzene rings is 2. The maximum atomic E-state index is 12.3. The zero-order chi connectivity index (χ0) is 14.0. The quantitative estimate of drug-likeness (QED) is 0.690. The predicted molar refractivity (Wildman–Crippen MR) is 79.2 cm³/mol. The average molecular weight is 341 g/mol. The van der Waals surface area contributed by atoms with Gasteiger partial charge in [0.25, 0.3) is 10.0 Å². The van der Waals surface area contributed by atoms with E-state index in [1.54, 1.807) is 48.5 Å². The third-order valence-electron chi connectivity index (χ3n) is 2.66. The zero-order valence-electron chi connectivity index (χ0n) is 10.2. The highest BCUT2D eigenvalue weighted by atomic mass is 79.9. The van der Waals surface area contributed by atoms with Crippen LogP contribution in [0.3, 0.4) is 0 Å². The molecule has 0 amide bonds. The van der Waals surface area contributed by atoms with Crippen LogP contribution < -0.4 is 10.3 Å². The molecule has 0 fully saturated rings. The lowest BCUT2D eigenvalue weighted by atomic mass is 10.2. The van der Waals surface area contributed by atoms with Crippen LogP contribution in [-0.4, -0.2) is 8.42 Å². The van der Waals surface area contributed by atoms with E-state index in [0.717, 1.165) is 14.5 Å². The van der Waals surface area contributed by atoms with E-state index in [-0.39, 0.29) is 4.90 Å². The molecule has 0 aliphatic rings. The maximum absolute atomic E-state index is 12.3. The largest absolute Gasteiger partial charge is 0.277 e. The van der Waals surface area contributed by atoms with E-state index in [4.69, 9.17) is 5.84 Å². The molecule has 2 aromatic carbocycles. The molecular weight excluding hydrogens is 328 g/mol. The van der Waals surface area contributed by atoms with Gasteiger partial charge in [0.15, 0.2) is 0 Å². The molecule has 2 rings (SSSR count). The number of nitrogens with zero attached hydrogens (tertiary/aromatic N) is 1. The van der Waals surface area contributed by atoms with Gasteiger partial charge in [-0.05, 0) is 43.3 Å². The van der Waals surface area contributed by atoms with Crippen LogP contribution in [0.15, 0.2) is 57.9 Å². The van der Waals surface area contributed by atoms with Gasteiger partial charge in [0.1, 0.15) is 0 Å². The van der Waals surface area contributed by atoms with Crippen LogP contribution in [0.2, 0.25) is 0 Å². The number of hydrazine groups is 1. The normalized spacial score (nSPS) is 11.3. The fourth-order valence-corrected chi connectivity index (χ4v) is 2.92. The molecule has 0 saturated heterocycles. The first kappa shape index (κ1) is 14.0. The fraction of sp³-hybridized carbons (Fsp3) is 0.0769. The van der Waals surface area contributed by atoms with E-state index < -0.39 is 10.0 Å². The second kappa shape index (κ2) is 5.32. The van der Waals surface area contributed by atoms with Gasteiger partial charge in [0.2, 0.25) is 0 Å². The molecule has 6 heteroatoms. The second-order valence-electron chi connectivity index (χ2n) is 4.09. The zero-order valence-corrected chi connectivity index (χ0v) is 12.6. The Bertz CT molecular complexity index is 667. The summed E-state index contributed by atoms with van der Waals surface area (Å²) >= 11 is 3.29. The highest BCUT2D eigenvalue weighted by Gasteiger charge is 2.21. The van der Waals surface area contributed by atoms with Crippen molar-refractivity contribution in [2.24, 2.45) is 5.84 Å². The molecule has 2 N–H and O–H groups in total. The van der Waals surface area contributed by atoms with Gasteiger partial charge in [-0.25, -0.2) is 10.3 Å². The van der Waals surface area contributed by atoms with E-state index in [1.165, 1.54) is 0 Å². The molecule has 0 unspecified atom stereocenters. The number of hydrogen-bond acceptors (Lipinski definition) is 3. The van der Waals surface area contributed by atoms with Crippen molar-refractivity contribution in [3.05, 3.63) is 58.6 Å². The number of halogens is 1. The van der Waals surface area contributed by atoms with Crippen LogP contribution in [-0.2, 0) is 10.0 Å². The highest BCUT2D eigenvalue weighted by Crippen LogP contribution is 2.22. The Morgan fingerprint density at radius 1 is 1.00 bits per heavy atom. The molecule has 0 atom stereocenters. The molecule has 0 aromatic heterocycles. The molecule has 19 heavy (non-hydrogen) atoms. The lowest BCUT2D eigenvalue weighted by Crippen LogP contribution is -2.37. The first-order valence-electron chi connectivity index (χ1n) is 5.53. The van der Waals surface area contributed by atoms with Crippen molar-refractivity contribution >= 4 is 31.6 Å². The van der Waals surface area contributed by atoms with Crippen LogP contribution >= 0.6 is 15.9 Å². The number of nitrogens with two attached hydrogens (primary N) is 1. The third kappa shape index (κ3) is 2.97. The van der Waals surface area contributed by atoms with Crippen LogP contribution in [0.4, 0.5) is 5.69 Å². The predicted octanol–water partition coefficient (Wildman–Crippen LogP) is 2.83. The van der Waals surface area contributed by atoms with Crippen molar-refractivity contribution < 1.29 is 8.42 Å². The van der Waals surface area contributed by atoms with Gasteiger partial charge in [-0.2, -0.15) is 8.42 Å². The molecule has 0 heterocycles. The summed E-state index contributed by atoms with van der Waals surface area (Å²) in [6.07, 6.45) is 0. The van der Waals surface area contributed by atoms with E-state index >= 15 is 0 Å². The first-order chi connectivity index (χ1) is 8.91. The van der Waals surface area contributed by atoms with Crippen molar-refractivity contribution in [1.82, 2.24) is 0 Å². The third-order valence-corrected chi connectivity index (χ3v) is 4.78. The molecule has 0 saturated carbocycles. The van der Waals surface area contributed by atoms with E-state index in [9.17, 15) is 8.42 Å². The van der Waals surface area contributed by atoms with Crippen LogP contribution in [0.1, 0.15) is 5.56 Å². The minimum atomic E-state index is -3.73. The second-order valence-corrected chi connectivity index (χ2v) is 6.82. The minimum absolute atomic E-state index is 0.170. The van der Waals surface area contributed by atoms with E-state index in [1.807, 2.05) is 6.92 Å². The van der Waals surface area contributed by atoms with Crippen molar-refractivity contribution in [3.63, 3.8) is 0 Å². The molecule has 2 aromatic rings. The summed E-state index contributed by atoms with van der Waals surface area (Å²) in [6.45, 7) is 1.89. The van der Waals surface area contributed by atoms with Crippen molar-refractivity contribution in [2.45, 2.75) is 11.8 Å². The number of anilines is 1. The molecule has 4 nitrogen and oxygen atoms in total. The maximum Gasteiger partial charge on any atom is 0.277 e. The Labute approximate surface area is 121 Å². The van der Waals surface area contributed by atoms with Gasteiger partial charge in [0.05, 0.1) is 10.6 Å². The Morgan fingerprint density at radius 2 is 1.53 bits per heavy atom. The Hall–Kier alpha value is -1.37. The number of hydrogen-bond donors (Lipinski definition) is 1. The molecule has 0 spiro atoms. The summed E-state index contributed by atoms with van der Waals surface area (Å²) in [5.41, 5.74) is 1.40. The average Bonchev–Trinajstić information content (AvgIpc) is 2.39. The molecule has 0 bridgehead atoms. The topological polar surface area (TPSA) is 63.4 Å². The fourth-order valence-electron chi connectivity index (χ4n) is 1.55. The van der Waals surface area contributed by atoms with Gasteiger partial charge in [-0.1, -0.05) is 33.6 Å². The van der Waals surface area contributed by atoms with Gasteiger partial charge < -0.3 is 0 Å². The number of sulfonamides is 1. The highest BCUT2D eigenvalue weighted by molar-refractivity contribution is 9.10. The Balaban J connectivity index is 2.39. The summed E-state index contributed by atoms with van der Waals surface area (Å²) < 4.78 is 26.3. The number of rotatable bonds is 3. The SMILES string of the molecule is Cc1ccc(S(=O)(=O)N(N)c2ccc(Br)cc2)cc1. The van der Waals surface area contributed by atoms with Crippen molar-refractivity contribution in [3.8, 4) is 0 Å².